The molecule has 0 saturated heterocycles. The molecule has 6 nitrogen and oxygen atoms in total. The number of nitrogens with zero attached hydrogens (tertiary/aromatic N) is 4. The minimum absolute atomic E-state index is 0.638. The number of aliphatic imine (C=N–C) groups is 1. The molecule has 0 fully saturated rings. The average Bonchev–Trinajstić information content (AvgIpc) is 3.17. The Hall–Kier alpha value is -2.86. The molecule has 3 rings (SSSR count). The Morgan fingerprint density at radius 3 is 2.60 bits per heavy atom. The summed E-state index contributed by atoms with van der Waals surface area (Å²) in [6.07, 6.45) is 7.11. The maximum Gasteiger partial charge on any atom is 0.191 e. The second-order valence-electron chi connectivity index (χ2n) is 5.40. The molecule has 0 radical (unpaired) electrons. The highest BCUT2D eigenvalue weighted by atomic mass is 35.5. The number of benzene rings is 1. The van der Waals surface area contributed by atoms with Gasteiger partial charge in [-0.05, 0) is 35.4 Å². The van der Waals surface area contributed by atoms with Gasteiger partial charge in [0.2, 0.25) is 0 Å². The van der Waals surface area contributed by atoms with E-state index in [4.69, 9.17) is 11.6 Å². The summed E-state index contributed by atoms with van der Waals surface area (Å²) in [7, 11) is 1.75. The van der Waals surface area contributed by atoms with Crippen LogP contribution in [0.3, 0.4) is 0 Å². The molecule has 25 heavy (non-hydrogen) atoms. The topological polar surface area (TPSA) is 67.1 Å². The number of rotatable bonds is 5. The minimum atomic E-state index is 0.638. The molecule has 128 valence electrons. The Balaban J connectivity index is 1.57. The van der Waals surface area contributed by atoms with E-state index >= 15 is 0 Å². The van der Waals surface area contributed by atoms with Crippen molar-refractivity contribution in [2.24, 2.45) is 4.99 Å². The predicted octanol–water partition coefficient (Wildman–Crippen LogP) is 2.79. The molecule has 0 aliphatic carbocycles. The van der Waals surface area contributed by atoms with Gasteiger partial charge in [0.1, 0.15) is 12.1 Å². The first-order valence-corrected chi connectivity index (χ1v) is 8.24. The van der Waals surface area contributed by atoms with Gasteiger partial charge in [-0.15, -0.1) is 0 Å². The number of halogens is 1. The van der Waals surface area contributed by atoms with Crippen LogP contribution in [0, 0.1) is 0 Å². The number of nitrogens with one attached hydrogen (secondary N) is 2. The standard InChI is InChI=1S/C18H19ClN6/c1-20-18(23-11-14-3-2-4-16(19)9-14)24-12-15-5-6-22-17(10-15)25-8-7-21-13-25/h2-10,13H,11-12H2,1H3,(H2,20,23,24). The number of aromatic nitrogens is 3. The quantitative estimate of drug-likeness (QED) is 0.546. The molecule has 0 saturated carbocycles. The Morgan fingerprint density at radius 2 is 1.92 bits per heavy atom. The molecule has 0 spiro atoms. The molecule has 2 aromatic heterocycles. The van der Waals surface area contributed by atoms with Crippen molar-refractivity contribution < 1.29 is 0 Å². The van der Waals surface area contributed by atoms with Gasteiger partial charge in [0.15, 0.2) is 5.96 Å². The van der Waals surface area contributed by atoms with E-state index in [1.165, 1.54) is 0 Å². The fourth-order valence-electron chi connectivity index (χ4n) is 2.35. The Labute approximate surface area is 151 Å². The molecule has 0 aliphatic heterocycles. The van der Waals surface area contributed by atoms with E-state index in [0.717, 1.165) is 27.9 Å². The van der Waals surface area contributed by atoms with E-state index in [-0.39, 0.29) is 0 Å². The molecule has 0 unspecified atom stereocenters. The van der Waals surface area contributed by atoms with Crippen LogP contribution in [-0.4, -0.2) is 27.5 Å². The molecular formula is C18H19ClN6. The van der Waals surface area contributed by atoms with E-state index in [9.17, 15) is 0 Å². The third-order valence-electron chi connectivity index (χ3n) is 3.61. The Morgan fingerprint density at radius 1 is 1.12 bits per heavy atom. The Kier molecular flexibility index (Phi) is 5.64. The van der Waals surface area contributed by atoms with Crippen LogP contribution in [0.15, 0.2) is 66.3 Å². The van der Waals surface area contributed by atoms with Crippen LogP contribution in [0.4, 0.5) is 0 Å². The summed E-state index contributed by atoms with van der Waals surface area (Å²) in [5, 5.41) is 7.30. The van der Waals surface area contributed by atoms with Crippen molar-refractivity contribution in [3.05, 3.63) is 77.5 Å². The lowest BCUT2D eigenvalue weighted by atomic mass is 10.2. The second-order valence-corrected chi connectivity index (χ2v) is 5.84. The van der Waals surface area contributed by atoms with Crippen LogP contribution >= 0.6 is 11.6 Å². The van der Waals surface area contributed by atoms with E-state index in [2.05, 4.69) is 25.6 Å². The summed E-state index contributed by atoms with van der Waals surface area (Å²) < 4.78 is 1.87. The summed E-state index contributed by atoms with van der Waals surface area (Å²) in [5.41, 5.74) is 2.20. The zero-order valence-electron chi connectivity index (χ0n) is 13.9. The van der Waals surface area contributed by atoms with Crippen molar-refractivity contribution in [2.75, 3.05) is 7.05 Å². The molecule has 0 atom stereocenters. The van der Waals surface area contributed by atoms with Gasteiger partial charge in [0, 0.05) is 43.8 Å². The second kappa shape index (κ2) is 8.30. The van der Waals surface area contributed by atoms with E-state index < -0.39 is 0 Å². The van der Waals surface area contributed by atoms with Crippen molar-refractivity contribution in [3.63, 3.8) is 0 Å². The normalized spacial score (nSPS) is 11.4. The van der Waals surface area contributed by atoms with Gasteiger partial charge >= 0.3 is 0 Å². The van der Waals surface area contributed by atoms with Crippen molar-refractivity contribution in [1.82, 2.24) is 25.2 Å². The zero-order valence-corrected chi connectivity index (χ0v) is 14.6. The largest absolute Gasteiger partial charge is 0.352 e. The Bertz CT molecular complexity index is 844. The third kappa shape index (κ3) is 4.81. The van der Waals surface area contributed by atoms with Crippen LogP contribution in [0.1, 0.15) is 11.1 Å². The molecular weight excluding hydrogens is 336 g/mol. The monoisotopic (exact) mass is 354 g/mol. The van der Waals surface area contributed by atoms with Gasteiger partial charge in [-0.3, -0.25) is 9.56 Å². The predicted molar refractivity (Wildman–Crippen MR) is 99.8 cm³/mol. The van der Waals surface area contributed by atoms with Crippen LogP contribution in [0.25, 0.3) is 5.82 Å². The molecule has 0 amide bonds. The molecule has 0 bridgehead atoms. The number of hydrogen-bond acceptors (Lipinski definition) is 3. The van der Waals surface area contributed by atoms with Gasteiger partial charge in [-0.1, -0.05) is 23.7 Å². The summed E-state index contributed by atoms with van der Waals surface area (Å²) in [6, 6.07) is 11.7. The maximum atomic E-state index is 6.01. The fourth-order valence-corrected chi connectivity index (χ4v) is 2.56. The van der Waals surface area contributed by atoms with Gasteiger partial charge in [-0.2, -0.15) is 0 Å². The first-order chi connectivity index (χ1) is 12.2. The fraction of sp³-hybridized carbons (Fsp3) is 0.167. The zero-order chi connectivity index (χ0) is 17.5. The van der Waals surface area contributed by atoms with Gasteiger partial charge < -0.3 is 10.6 Å². The number of hydrogen-bond donors (Lipinski definition) is 2. The van der Waals surface area contributed by atoms with E-state index in [1.54, 1.807) is 25.8 Å². The molecule has 7 heteroatoms. The van der Waals surface area contributed by atoms with Crippen LogP contribution in [0.2, 0.25) is 5.02 Å². The van der Waals surface area contributed by atoms with Gasteiger partial charge in [0.25, 0.3) is 0 Å². The smallest absolute Gasteiger partial charge is 0.191 e. The first kappa shape index (κ1) is 17.0. The lowest BCUT2D eigenvalue weighted by Crippen LogP contribution is -2.36. The highest BCUT2D eigenvalue weighted by Crippen LogP contribution is 2.10. The van der Waals surface area contributed by atoms with Crippen LogP contribution in [-0.2, 0) is 13.1 Å². The summed E-state index contributed by atoms with van der Waals surface area (Å²) in [5.74, 6) is 1.56. The number of pyridine rings is 1. The van der Waals surface area contributed by atoms with Crippen molar-refractivity contribution >= 4 is 17.6 Å². The minimum Gasteiger partial charge on any atom is -0.352 e. The summed E-state index contributed by atoms with van der Waals surface area (Å²) in [6.45, 7) is 1.29. The lowest BCUT2D eigenvalue weighted by Gasteiger charge is -2.12. The number of imidazole rings is 1. The SMILES string of the molecule is CN=C(NCc1cccc(Cl)c1)NCc1ccnc(-n2ccnc2)c1. The summed E-state index contributed by atoms with van der Waals surface area (Å²) >= 11 is 6.01. The highest BCUT2D eigenvalue weighted by molar-refractivity contribution is 6.30. The average molecular weight is 355 g/mol. The van der Waals surface area contributed by atoms with Crippen LogP contribution < -0.4 is 10.6 Å². The molecule has 2 N–H and O–H groups in total. The van der Waals surface area contributed by atoms with Crippen molar-refractivity contribution in [2.45, 2.75) is 13.1 Å². The molecule has 2 heterocycles. The summed E-state index contributed by atoms with van der Waals surface area (Å²) in [4.78, 5) is 12.6. The maximum absolute atomic E-state index is 6.01. The molecule has 0 aliphatic rings. The van der Waals surface area contributed by atoms with Crippen LogP contribution in [0.5, 0.6) is 0 Å². The first-order valence-electron chi connectivity index (χ1n) is 7.87. The van der Waals surface area contributed by atoms with Gasteiger partial charge in [-0.25, -0.2) is 9.97 Å². The highest BCUT2D eigenvalue weighted by Gasteiger charge is 2.02. The van der Waals surface area contributed by atoms with E-state index in [1.807, 2.05) is 47.2 Å². The van der Waals surface area contributed by atoms with E-state index in [0.29, 0.717) is 13.1 Å². The van der Waals surface area contributed by atoms with Crippen molar-refractivity contribution in [1.29, 1.82) is 0 Å². The molecule has 1 aromatic carbocycles. The molecule has 3 aromatic rings. The van der Waals surface area contributed by atoms with Gasteiger partial charge in [0.05, 0.1) is 0 Å². The lowest BCUT2D eigenvalue weighted by molar-refractivity contribution is 0.806. The van der Waals surface area contributed by atoms with Crippen molar-refractivity contribution in [3.8, 4) is 5.82 Å². The number of guanidine groups is 1. The third-order valence-corrected chi connectivity index (χ3v) is 3.85.